The van der Waals surface area contributed by atoms with Crippen LogP contribution in [0.25, 0.3) is 11.0 Å². The van der Waals surface area contributed by atoms with Gasteiger partial charge >= 0.3 is 0 Å². The van der Waals surface area contributed by atoms with E-state index in [1.54, 1.807) is 0 Å². The summed E-state index contributed by atoms with van der Waals surface area (Å²) in [6.07, 6.45) is 0.900. The van der Waals surface area contributed by atoms with Crippen molar-refractivity contribution in [2.24, 2.45) is 0 Å². The highest BCUT2D eigenvalue weighted by atomic mass is 35.5. The molecule has 0 atom stereocenters. The Kier molecular flexibility index (Phi) is 5.36. The lowest BCUT2D eigenvalue weighted by Gasteiger charge is -2.10. The smallest absolute Gasteiger partial charge is 0.227 e. The Morgan fingerprint density at radius 3 is 2.62 bits per heavy atom. The van der Waals surface area contributed by atoms with Crippen LogP contribution in [0.5, 0.6) is 0 Å². The van der Waals surface area contributed by atoms with E-state index in [1.807, 2.05) is 66.9 Å². The summed E-state index contributed by atoms with van der Waals surface area (Å²) in [7, 11) is 0. The number of imidazole rings is 1. The molecule has 6 nitrogen and oxygen atoms in total. The van der Waals surface area contributed by atoms with Gasteiger partial charge in [0.1, 0.15) is 5.76 Å². The Morgan fingerprint density at radius 2 is 1.90 bits per heavy atom. The van der Waals surface area contributed by atoms with Crippen LogP contribution in [0, 0.1) is 13.8 Å². The Labute approximate surface area is 173 Å². The van der Waals surface area contributed by atoms with Crippen molar-refractivity contribution in [2.45, 2.75) is 33.2 Å². The maximum atomic E-state index is 12.6. The van der Waals surface area contributed by atoms with Crippen LogP contribution in [0.2, 0.25) is 5.02 Å². The standard InChI is InChI=1S/C22H21ClN4O2/c1-14-18(15(2)29-26-14)11-12-21(28)25-22-24-19-5-3-4-6-20(19)27(22)13-16-7-9-17(23)10-8-16/h3-10H,11-13H2,1-2H3,(H,24,25,28). The SMILES string of the molecule is Cc1noc(C)c1CCC(=O)Nc1nc2ccccc2n1Cc1ccc(Cl)cc1. The third kappa shape index (κ3) is 4.17. The summed E-state index contributed by atoms with van der Waals surface area (Å²) in [6, 6.07) is 15.5. The molecule has 0 spiro atoms. The zero-order valence-electron chi connectivity index (χ0n) is 16.3. The molecule has 0 unspecified atom stereocenters. The zero-order valence-corrected chi connectivity index (χ0v) is 17.0. The molecule has 0 aliphatic rings. The van der Waals surface area contributed by atoms with Crippen molar-refractivity contribution in [3.63, 3.8) is 0 Å². The van der Waals surface area contributed by atoms with Crippen LogP contribution in [0.1, 0.15) is 29.0 Å². The normalized spacial score (nSPS) is 11.1. The minimum atomic E-state index is -0.0994. The van der Waals surface area contributed by atoms with Crippen molar-refractivity contribution in [2.75, 3.05) is 5.32 Å². The number of nitrogens with one attached hydrogen (secondary N) is 1. The van der Waals surface area contributed by atoms with Gasteiger partial charge in [0.2, 0.25) is 11.9 Å². The molecule has 0 saturated heterocycles. The molecule has 4 rings (SSSR count). The predicted molar refractivity (Wildman–Crippen MR) is 113 cm³/mol. The van der Waals surface area contributed by atoms with Gasteiger partial charge in [-0.1, -0.05) is 41.0 Å². The molecule has 0 radical (unpaired) electrons. The fourth-order valence-corrected chi connectivity index (χ4v) is 3.51. The summed E-state index contributed by atoms with van der Waals surface area (Å²) in [5, 5.41) is 7.60. The summed E-state index contributed by atoms with van der Waals surface area (Å²) in [6.45, 7) is 4.32. The molecular formula is C22H21ClN4O2. The van der Waals surface area contributed by atoms with Crippen LogP contribution in [0.4, 0.5) is 5.95 Å². The van der Waals surface area contributed by atoms with Crippen LogP contribution in [0.15, 0.2) is 53.1 Å². The number of nitrogens with zero attached hydrogens (tertiary/aromatic N) is 3. The molecule has 0 saturated carbocycles. The lowest BCUT2D eigenvalue weighted by Crippen LogP contribution is -2.17. The second-order valence-electron chi connectivity index (χ2n) is 6.99. The molecule has 29 heavy (non-hydrogen) atoms. The first-order valence-electron chi connectivity index (χ1n) is 9.42. The second kappa shape index (κ2) is 8.09. The number of aryl methyl sites for hydroxylation is 2. The first-order chi connectivity index (χ1) is 14.0. The number of amides is 1. The van der Waals surface area contributed by atoms with Crippen molar-refractivity contribution in [1.82, 2.24) is 14.7 Å². The molecule has 2 heterocycles. The van der Waals surface area contributed by atoms with Crippen LogP contribution < -0.4 is 5.32 Å². The van der Waals surface area contributed by atoms with Crippen LogP contribution in [0.3, 0.4) is 0 Å². The van der Waals surface area contributed by atoms with E-state index in [0.29, 0.717) is 30.4 Å². The second-order valence-corrected chi connectivity index (χ2v) is 7.42. The summed E-state index contributed by atoms with van der Waals surface area (Å²) in [5.41, 5.74) is 4.68. The first-order valence-corrected chi connectivity index (χ1v) is 9.80. The number of carbonyl (C=O) groups excluding carboxylic acids is 1. The molecule has 4 aromatic rings. The molecule has 148 valence electrons. The van der Waals surface area contributed by atoms with Gasteiger partial charge in [-0.2, -0.15) is 0 Å². The van der Waals surface area contributed by atoms with Crippen LogP contribution >= 0.6 is 11.6 Å². The number of fused-ring (bicyclic) bond motifs is 1. The van der Waals surface area contributed by atoms with Crippen LogP contribution in [-0.2, 0) is 17.8 Å². The van der Waals surface area contributed by atoms with E-state index < -0.39 is 0 Å². The number of anilines is 1. The van der Waals surface area contributed by atoms with E-state index >= 15 is 0 Å². The highest BCUT2D eigenvalue weighted by Gasteiger charge is 2.15. The number of halogens is 1. The summed E-state index contributed by atoms with van der Waals surface area (Å²) in [4.78, 5) is 17.2. The van der Waals surface area contributed by atoms with Gasteiger partial charge in [-0.05, 0) is 50.1 Å². The van der Waals surface area contributed by atoms with E-state index in [9.17, 15) is 4.79 Å². The Balaban J connectivity index is 1.56. The molecule has 0 bridgehead atoms. The minimum absolute atomic E-state index is 0.0994. The maximum absolute atomic E-state index is 12.6. The monoisotopic (exact) mass is 408 g/mol. The number of hydrogen-bond acceptors (Lipinski definition) is 4. The van der Waals surface area contributed by atoms with Gasteiger partial charge in [-0.15, -0.1) is 0 Å². The minimum Gasteiger partial charge on any atom is -0.361 e. The fourth-order valence-electron chi connectivity index (χ4n) is 3.39. The predicted octanol–water partition coefficient (Wildman–Crippen LogP) is 4.91. The molecule has 0 fully saturated rings. The average Bonchev–Trinajstić information content (AvgIpc) is 3.21. The van der Waals surface area contributed by atoms with Crippen molar-refractivity contribution in [1.29, 1.82) is 0 Å². The molecule has 2 aromatic heterocycles. The van der Waals surface area contributed by atoms with Gasteiger partial charge in [-0.25, -0.2) is 4.98 Å². The molecule has 1 N–H and O–H groups in total. The number of para-hydroxylation sites is 2. The van der Waals surface area contributed by atoms with Gasteiger partial charge in [0.05, 0.1) is 23.3 Å². The Bertz CT molecular complexity index is 1140. The number of benzene rings is 2. The van der Waals surface area contributed by atoms with E-state index in [-0.39, 0.29) is 5.91 Å². The van der Waals surface area contributed by atoms with Crippen molar-refractivity contribution < 1.29 is 9.32 Å². The largest absolute Gasteiger partial charge is 0.361 e. The highest BCUT2D eigenvalue weighted by molar-refractivity contribution is 6.30. The van der Waals surface area contributed by atoms with E-state index in [2.05, 4.69) is 15.5 Å². The number of rotatable bonds is 6. The molecule has 0 aliphatic carbocycles. The van der Waals surface area contributed by atoms with E-state index in [0.717, 1.165) is 33.6 Å². The Morgan fingerprint density at radius 1 is 1.14 bits per heavy atom. The molecule has 1 amide bonds. The van der Waals surface area contributed by atoms with Gasteiger partial charge in [-0.3, -0.25) is 10.1 Å². The van der Waals surface area contributed by atoms with Gasteiger partial charge in [0, 0.05) is 17.0 Å². The van der Waals surface area contributed by atoms with Gasteiger partial charge < -0.3 is 9.09 Å². The number of aromatic nitrogens is 3. The average molecular weight is 409 g/mol. The zero-order chi connectivity index (χ0) is 20.4. The molecular weight excluding hydrogens is 388 g/mol. The molecule has 2 aromatic carbocycles. The van der Waals surface area contributed by atoms with Gasteiger partial charge in [0.15, 0.2) is 0 Å². The topological polar surface area (TPSA) is 73.0 Å². The third-order valence-corrected chi connectivity index (χ3v) is 5.19. The third-order valence-electron chi connectivity index (χ3n) is 4.94. The summed E-state index contributed by atoms with van der Waals surface area (Å²) < 4.78 is 7.18. The lowest BCUT2D eigenvalue weighted by molar-refractivity contribution is -0.116. The Hall–Kier alpha value is -3.12. The van der Waals surface area contributed by atoms with Crippen molar-refractivity contribution in [3.05, 3.63) is 76.1 Å². The molecule has 7 heteroatoms. The maximum Gasteiger partial charge on any atom is 0.227 e. The van der Waals surface area contributed by atoms with E-state index in [4.69, 9.17) is 16.1 Å². The quantitative estimate of drug-likeness (QED) is 0.491. The fraction of sp³-hybridized carbons (Fsp3) is 0.227. The lowest BCUT2D eigenvalue weighted by atomic mass is 10.1. The number of hydrogen-bond donors (Lipinski definition) is 1. The van der Waals surface area contributed by atoms with E-state index in [1.165, 1.54) is 0 Å². The van der Waals surface area contributed by atoms with Crippen LogP contribution in [-0.4, -0.2) is 20.6 Å². The summed E-state index contributed by atoms with van der Waals surface area (Å²) in [5.74, 6) is 1.19. The number of carbonyl (C=O) groups is 1. The molecule has 0 aliphatic heterocycles. The summed E-state index contributed by atoms with van der Waals surface area (Å²) >= 11 is 6.00. The highest BCUT2D eigenvalue weighted by Crippen LogP contribution is 2.22. The van der Waals surface area contributed by atoms with Gasteiger partial charge in [0.25, 0.3) is 0 Å². The first kappa shape index (κ1) is 19.2. The van der Waals surface area contributed by atoms with Crippen molar-refractivity contribution in [3.8, 4) is 0 Å². The van der Waals surface area contributed by atoms with Crippen molar-refractivity contribution >= 4 is 34.5 Å².